The van der Waals surface area contributed by atoms with E-state index in [1.807, 2.05) is 35.6 Å². The highest BCUT2D eigenvalue weighted by Crippen LogP contribution is 2.40. The molecule has 176 valence electrons. The SMILES string of the molecule is CCn1nc(C(C)C)c2c1-c1cnc(N)c(c1)O[C@H](C)c1cc(F)ccc1-c1nn(C)cc1C2. The van der Waals surface area contributed by atoms with Gasteiger partial charge in [0, 0.05) is 60.2 Å². The van der Waals surface area contributed by atoms with Gasteiger partial charge < -0.3 is 10.5 Å². The van der Waals surface area contributed by atoms with Crippen LogP contribution in [-0.2, 0) is 20.0 Å². The predicted molar refractivity (Wildman–Crippen MR) is 130 cm³/mol. The Kier molecular flexibility index (Phi) is 5.38. The zero-order chi connectivity index (χ0) is 24.1. The van der Waals surface area contributed by atoms with Crippen molar-refractivity contribution in [2.24, 2.45) is 7.05 Å². The first-order chi connectivity index (χ1) is 16.3. The highest BCUT2D eigenvalue weighted by molar-refractivity contribution is 5.72. The number of nitrogen functional groups attached to an aromatic ring is 1. The minimum atomic E-state index is -0.471. The fourth-order valence-corrected chi connectivity index (χ4v) is 4.81. The Balaban J connectivity index is 1.85. The summed E-state index contributed by atoms with van der Waals surface area (Å²) >= 11 is 0. The number of aryl methyl sites for hydroxylation is 2. The van der Waals surface area contributed by atoms with Gasteiger partial charge in [-0.15, -0.1) is 0 Å². The van der Waals surface area contributed by atoms with Crippen molar-refractivity contribution in [3.8, 4) is 28.3 Å². The number of halogens is 1. The molecule has 0 unspecified atom stereocenters. The number of nitrogens with two attached hydrogens (primary N) is 1. The van der Waals surface area contributed by atoms with Gasteiger partial charge in [0.05, 0.1) is 17.1 Å². The summed E-state index contributed by atoms with van der Waals surface area (Å²) in [6, 6.07) is 6.67. The molecule has 5 rings (SSSR count). The summed E-state index contributed by atoms with van der Waals surface area (Å²) in [5, 5.41) is 9.75. The van der Waals surface area contributed by atoms with E-state index in [0.29, 0.717) is 24.3 Å². The maximum Gasteiger partial charge on any atom is 0.166 e. The number of nitrogens with zero attached hydrogens (tertiary/aromatic N) is 5. The second kappa shape index (κ2) is 8.27. The lowest BCUT2D eigenvalue weighted by atomic mass is 9.92. The number of hydrogen-bond donors (Lipinski definition) is 1. The largest absolute Gasteiger partial charge is 0.482 e. The van der Waals surface area contributed by atoms with E-state index in [1.165, 1.54) is 12.1 Å². The van der Waals surface area contributed by atoms with Gasteiger partial charge >= 0.3 is 0 Å². The molecule has 1 aliphatic rings. The van der Waals surface area contributed by atoms with Gasteiger partial charge in [0.15, 0.2) is 11.6 Å². The number of benzene rings is 1. The predicted octanol–water partition coefficient (Wildman–Crippen LogP) is 5.25. The zero-order valence-corrected chi connectivity index (χ0v) is 20.1. The van der Waals surface area contributed by atoms with E-state index in [4.69, 9.17) is 20.7 Å². The molecule has 2 bridgehead atoms. The van der Waals surface area contributed by atoms with Crippen molar-refractivity contribution in [1.29, 1.82) is 0 Å². The molecule has 1 atom stereocenters. The van der Waals surface area contributed by atoms with Crippen molar-refractivity contribution in [1.82, 2.24) is 24.5 Å². The average Bonchev–Trinajstić information content (AvgIpc) is 3.35. The molecule has 0 radical (unpaired) electrons. The van der Waals surface area contributed by atoms with Crippen LogP contribution < -0.4 is 10.5 Å². The van der Waals surface area contributed by atoms with Gasteiger partial charge in [0.2, 0.25) is 0 Å². The van der Waals surface area contributed by atoms with Crippen molar-refractivity contribution in [2.75, 3.05) is 5.73 Å². The topological polar surface area (TPSA) is 83.8 Å². The Morgan fingerprint density at radius 1 is 1.24 bits per heavy atom. The van der Waals surface area contributed by atoms with Gasteiger partial charge in [-0.05, 0) is 44.0 Å². The number of anilines is 1. The van der Waals surface area contributed by atoms with Crippen molar-refractivity contribution in [3.63, 3.8) is 0 Å². The molecule has 1 aliphatic heterocycles. The lowest BCUT2D eigenvalue weighted by molar-refractivity contribution is 0.227. The number of hydrogen-bond acceptors (Lipinski definition) is 5. The minimum absolute atomic E-state index is 0.230. The second-order valence-corrected chi connectivity index (χ2v) is 9.14. The third kappa shape index (κ3) is 3.63. The molecule has 0 amide bonds. The zero-order valence-electron chi connectivity index (χ0n) is 20.1. The normalized spacial score (nSPS) is 15.1. The first kappa shape index (κ1) is 22.1. The minimum Gasteiger partial charge on any atom is -0.482 e. The molecule has 0 fully saturated rings. The molecule has 34 heavy (non-hydrogen) atoms. The second-order valence-electron chi connectivity index (χ2n) is 9.14. The molecule has 0 spiro atoms. The molecule has 7 nitrogen and oxygen atoms in total. The van der Waals surface area contributed by atoms with E-state index in [1.54, 1.807) is 12.3 Å². The molecule has 0 saturated heterocycles. The molecule has 0 saturated carbocycles. The van der Waals surface area contributed by atoms with Gasteiger partial charge in [-0.25, -0.2) is 9.37 Å². The van der Waals surface area contributed by atoms with Crippen LogP contribution >= 0.6 is 0 Å². The monoisotopic (exact) mass is 460 g/mol. The van der Waals surface area contributed by atoms with E-state index in [0.717, 1.165) is 39.3 Å². The fraction of sp³-hybridized carbons (Fsp3) is 0.346. The molecule has 2 N–H and O–H groups in total. The van der Waals surface area contributed by atoms with E-state index in [-0.39, 0.29) is 17.6 Å². The van der Waals surface area contributed by atoms with Crippen LogP contribution in [0.4, 0.5) is 10.2 Å². The first-order valence-corrected chi connectivity index (χ1v) is 11.6. The van der Waals surface area contributed by atoms with Crippen molar-refractivity contribution >= 4 is 5.82 Å². The molecule has 4 aromatic rings. The van der Waals surface area contributed by atoms with Crippen LogP contribution in [0.3, 0.4) is 0 Å². The summed E-state index contributed by atoms with van der Waals surface area (Å²) in [6.07, 6.45) is 3.97. The Labute approximate surface area is 198 Å². The van der Waals surface area contributed by atoms with Gasteiger partial charge in [-0.1, -0.05) is 13.8 Å². The van der Waals surface area contributed by atoms with Crippen LogP contribution in [0.2, 0.25) is 0 Å². The average molecular weight is 461 g/mol. The van der Waals surface area contributed by atoms with Gasteiger partial charge in [0.25, 0.3) is 0 Å². The van der Waals surface area contributed by atoms with Crippen LogP contribution in [0.25, 0.3) is 22.5 Å². The van der Waals surface area contributed by atoms with Crippen LogP contribution in [0.1, 0.15) is 62.1 Å². The quantitative estimate of drug-likeness (QED) is 0.441. The van der Waals surface area contributed by atoms with Crippen molar-refractivity contribution in [3.05, 3.63) is 64.9 Å². The van der Waals surface area contributed by atoms with Gasteiger partial charge in [-0.3, -0.25) is 9.36 Å². The summed E-state index contributed by atoms with van der Waals surface area (Å²) in [5.74, 6) is 0.654. The van der Waals surface area contributed by atoms with Crippen LogP contribution in [-0.4, -0.2) is 24.5 Å². The van der Waals surface area contributed by atoms with E-state index in [9.17, 15) is 4.39 Å². The molecule has 8 heteroatoms. The summed E-state index contributed by atoms with van der Waals surface area (Å²) < 4.78 is 24.5. The van der Waals surface area contributed by atoms with Crippen LogP contribution in [0.15, 0.2) is 36.7 Å². The van der Waals surface area contributed by atoms with Gasteiger partial charge in [-0.2, -0.15) is 10.2 Å². The van der Waals surface area contributed by atoms with E-state index < -0.39 is 6.10 Å². The highest BCUT2D eigenvalue weighted by Gasteiger charge is 2.27. The molecule has 3 aromatic heterocycles. The third-order valence-corrected chi connectivity index (χ3v) is 6.37. The summed E-state index contributed by atoms with van der Waals surface area (Å²) in [4.78, 5) is 4.43. The maximum atomic E-state index is 14.4. The highest BCUT2D eigenvalue weighted by atomic mass is 19.1. The van der Waals surface area contributed by atoms with Crippen molar-refractivity contribution in [2.45, 2.75) is 52.7 Å². The molecular formula is C26H29FN6O. The Hall–Kier alpha value is -3.68. The maximum absolute atomic E-state index is 14.4. The smallest absolute Gasteiger partial charge is 0.166 e. The van der Waals surface area contributed by atoms with Gasteiger partial charge in [0.1, 0.15) is 11.9 Å². The number of rotatable bonds is 2. The number of fused-ring (bicyclic) bond motifs is 7. The number of ether oxygens (including phenoxy) is 1. The Morgan fingerprint density at radius 2 is 2.03 bits per heavy atom. The number of pyridine rings is 1. The molecule has 4 heterocycles. The number of aromatic nitrogens is 5. The molecule has 0 aliphatic carbocycles. The standard InChI is InChI=1S/C26H29FN6O/c1-6-33-25-16-10-22(26(28)29-12-16)34-15(4)20-11-18(27)7-8-19(20)24-17(13-32(5)30-24)9-21(25)23(31-33)14(2)3/h7-8,10-15H,6,9H2,1-5H3,(H2,28,29)/t15-/m1/s1. The Morgan fingerprint density at radius 3 is 2.76 bits per heavy atom. The summed E-state index contributed by atoms with van der Waals surface area (Å²) in [6.45, 7) is 8.99. The lowest BCUT2D eigenvalue weighted by Gasteiger charge is -2.21. The van der Waals surface area contributed by atoms with E-state index in [2.05, 4.69) is 25.8 Å². The van der Waals surface area contributed by atoms with Crippen LogP contribution in [0, 0.1) is 5.82 Å². The summed E-state index contributed by atoms with van der Waals surface area (Å²) in [7, 11) is 1.90. The van der Waals surface area contributed by atoms with Crippen molar-refractivity contribution < 1.29 is 9.13 Å². The molecular weight excluding hydrogens is 431 g/mol. The van der Waals surface area contributed by atoms with E-state index >= 15 is 0 Å². The Bertz CT molecular complexity index is 1390. The van der Waals surface area contributed by atoms with Crippen LogP contribution in [0.5, 0.6) is 5.75 Å². The third-order valence-electron chi connectivity index (χ3n) is 6.37. The summed E-state index contributed by atoms with van der Waals surface area (Å²) in [5.41, 5.74) is 13.7. The lowest BCUT2D eigenvalue weighted by Crippen LogP contribution is -2.10. The molecule has 1 aromatic carbocycles. The first-order valence-electron chi connectivity index (χ1n) is 11.6. The fourth-order valence-electron chi connectivity index (χ4n) is 4.81.